The van der Waals surface area contributed by atoms with E-state index in [1.807, 2.05) is 0 Å². The average molecular weight is 314 g/mol. The molecule has 0 radical (unpaired) electrons. The number of rotatable bonds is 5. The lowest BCUT2D eigenvalue weighted by atomic mass is 10.0. The van der Waals surface area contributed by atoms with Crippen molar-refractivity contribution < 1.29 is 13.6 Å². The molecule has 0 spiro atoms. The molecular formula is C16H15FN4O2. The van der Waals surface area contributed by atoms with Crippen LogP contribution in [0.1, 0.15) is 5.76 Å². The Kier molecular flexibility index (Phi) is 4.93. The van der Waals surface area contributed by atoms with Gasteiger partial charge in [0.25, 0.3) is 0 Å². The van der Waals surface area contributed by atoms with E-state index in [9.17, 15) is 9.18 Å². The Hall–Kier alpha value is -3.35. The summed E-state index contributed by atoms with van der Waals surface area (Å²) in [7, 11) is 0. The molecule has 2 rings (SSSR count). The van der Waals surface area contributed by atoms with Gasteiger partial charge in [0.1, 0.15) is 11.5 Å². The van der Waals surface area contributed by atoms with Crippen molar-refractivity contribution in [2.24, 2.45) is 11.5 Å². The Labute approximate surface area is 132 Å². The van der Waals surface area contributed by atoms with Gasteiger partial charge in [0.15, 0.2) is 12.2 Å². The summed E-state index contributed by atoms with van der Waals surface area (Å²) >= 11 is 0. The molecule has 23 heavy (non-hydrogen) atoms. The first-order valence-electron chi connectivity index (χ1n) is 6.56. The topological polar surface area (TPSA) is 107 Å². The van der Waals surface area contributed by atoms with Gasteiger partial charge in [-0.25, -0.2) is 14.2 Å². The summed E-state index contributed by atoms with van der Waals surface area (Å²) in [5, 5.41) is 2.34. The number of carbonyl (C=O) groups is 1. The lowest BCUT2D eigenvalue weighted by Crippen LogP contribution is -2.27. The number of primary amides is 1. The van der Waals surface area contributed by atoms with Crippen molar-refractivity contribution in [3.05, 3.63) is 72.9 Å². The molecule has 5 N–H and O–H groups in total. The van der Waals surface area contributed by atoms with E-state index in [0.717, 1.165) is 0 Å². The summed E-state index contributed by atoms with van der Waals surface area (Å²) < 4.78 is 18.5. The van der Waals surface area contributed by atoms with Gasteiger partial charge in [-0.15, -0.1) is 0 Å². The van der Waals surface area contributed by atoms with Crippen LogP contribution >= 0.6 is 0 Å². The van der Waals surface area contributed by atoms with Crippen molar-refractivity contribution in [1.82, 2.24) is 10.3 Å². The molecule has 0 saturated heterocycles. The number of urea groups is 1. The molecule has 0 aliphatic rings. The van der Waals surface area contributed by atoms with Crippen molar-refractivity contribution in [3.63, 3.8) is 0 Å². The molecule has 118 valence electrons. The van der Waals surface area contributed by atoms with Gasteiger partial charge < -0.3 is 21.2 Å². The summed E-state index contributed by atoms with van der Waals surface area (Å²) in [6, 6.07) is 5.07. The zero-order valence-electron chi connectivity index (χ0n) is 12.1. The number of allylic oxidation sites excluding steroid dienone is 3. The van der Waals surface area contributed by atoms with Gasteiger partial charge in [-0.3, -0.25) is 0 Å². The largest absolute Gasteiger partial charge is 0.443 e. The quantitative estimate of drug-likeness (QED) is 0.737. The van der Waals surface area contributed by atoms with Crippen molar-refractivity contribution in [2.75, 3.05) is 0 Å². The van der Waals surface area contributed by atoms with Crippen LogP contribution in [0.3, 0.4) is 0 Å². The van der Waals surface area contributed by atoms with E-state index in [2.05, 4.69) is 16.9 Å². The first kappa shape index (κ1) is 16.0. The van der Waals surface area contributed by atoms with E-state index in [-0.39, 0.29) is 11.5 Å². The molecule has 1 aromatic carbocycles. The summed E-state index contributed by atoms with van der Waals surface area (Å²) in [5.41, 5.74) is 12.4. The van der Waals surface area contributed by atoms with Crippen LogP contribution in [0.25, 0.3) is 16.8 Å². The third kappa shape index (κ3) is 4.07. The van der Waals surface area contributed by atoms with Crippen LogP contribution in [0, 0.1) is 5.82 Å². The maximum Gasteiger partial charge on any atom is 0.316 e. The molecule has 1 heterocycles. The number of nitrogens with two attached hydrogens (primary N) is 2. The van der Waals surface area contributed by atoms with Crippen LogP contribution in [0.2, 0.25) is 0 Å². The van der Waals surface area contributed by atoms with Crippen LogP contribution in [0.5, 0.6) is 0 Å². The fourth-order valence-electron chi connectivity index (χ4n) is 1.94. The number of benzene rings is 1. The molecular weight excluding hydrogens is 299 g/mol. The first-order valence-corrected chi connectivity index (χ1v) is 6.56. The van der Waals surface area contributed by atoms with E-state index >= 15 is 0 Å². The lowest BCUT2D eigenvalue weighted by Gasteiger charge is -2.05. The second-order valence-corrected chi connectivity index (χ2v) is 4.51. The maximum absolute atomic E-state index is 13.1. The zero-order valence-corrected chi connectivity index (χ0v) is 12.1. The van der Waals surface area contributed by atoms with E-state index < -0.39 is 6.03 Å². The summed E-state index contributed by atoms with van der Waals surface area (Å²) in [6.07, 6.45) is 5.65. The minimum absolute atomic E-state index is 0.257. The van der Waals surface area contributed by atoms with Crippen molar-refractivity contribution in [1.29, 1.82) is 0 Å². The molecule has 0 atom stereocenters. The fraction of sp³-hybridized carbons (Fsp3) is 0. The number of hydrogen-bond donors (Lipinski definition) is 3. The third-order valence-electron chi connectivity index (χ3n) is 2.84. The normalized spacial score (nSPS) is 11.6. The number of hydrogen-bond acceptors (Lipinski definition) is 4. The van der Waals surface area contributed by atoms with E-state index in [1.54, 1.807) is 18.2 Å². The number of aromatic nitrogens is 1. The Bertz CT molecular complexity index is 776. The molecule has 1 aromatic heterocycles. The van der Waals surface area contributed by atoms with Crippen molar-refractivity contribution >= 4 is 11.6 Å². The Balaban J connectivity index is 2.43. The van der Waals surface area contributed by atoms with Gasteiger partial charge in [-0.05, 0) is 42.6 Å². The summed E-state index contributed by atoms with van der Waals surface area (Å²) in [5.74, 6) is 0.0428. The number of amides is 2. The molecule has 2 amide bonds. The monoisotopic (exact) mass is 314 g/mol. The second kappa shape index (κ2) is 7.08. The Morgan fingerprint density at radius 2 is 2.04 bits per heavy atom. The van der Waals surface area contributed by atoms with E-state index in [4.69, 9.17) is 15.9 Å². The predicted molar refractivity (Wildman–Crippen MR) is 85.1 cm³/mol. The zero-order chi connectivity index (χ0) is 16.8. The molecule has 0 aliphatic heterocycles. The predicted octanol–water partition coefficient (Wildman–Crippen LogP) is 2.52. The van der Waals surface area contributed by atoms with Crippen LogP contribution in [-0.4, -0.2) is 11.0 Å². The Morgan fingerprint density at radius 3 is 2.65 bits per heavy atom. The highest BCUT2D eigenvalue weighted by Crippen LogP contribution is 2.29. The second-order valence-electron chi connectivity index (χ2n) is 4.51. The highest BCUT2D eigenvalue weighted by molar-refractivity contribution is 5.83. The highest BCUT2D eigenvalue weighted by atomic mass is 19.1. The lowest BCUT2D eigenvalue weighted by molar-refractivity contribution is 0.251. The number of nitrogens with zero attached hydrogens (tertiary/aromatic N) is 1. The van der Waals surface area contributed by atoms with E-state index in [0.29, 0.717) is 22.6 Å². The molecule has 0 bridgehead atoms. The Morgan fingerprint density at radius 1 is 1.35 bits per heavy atom. The maximum atomic E-state index is 13.1. The standard InChI is InChI=1S/C16H15FN4O2/c1-10(21-16(19)22)8-12(6-7-18)15-14(20-9-23-15)11-2-4-13(17)5-3-11/h2-9H,1,18H2,(H3,19,21,22)/b7-6-,12-8+. The first-order chi connectivity index (χ1) is 11.0. The number of halogens is 1. The van der Waals surface area contributed by atoms with Gasteiger partial charge in [-0.2, -0.15) is 0 Å². The number of nitrogens with one attached hydrogen (secondary N) is 1. The van der Waals surface area contributed by atoms with Gasteiger partial charge in [0.05, 0.1) is 0 Å². The smallest absolute Gasteiger partial charge is 0.316 e. The molecule has 0 saturated carbocycles. The number of carbonyl (C=O) groups excluding carboxylic acids is 1. The molecule has 0 aliphatic carbocycles. The van der Waals surface area contributed by atoms with Crippen molar-refractivity contribution in [3.8, 4) is 11.3 Å². The minimum Gasteiger partial charge on any atom is -0.443 e. The van der Waals surface area contributed by atoms with Gasteiger partial charge in [0, 0.05) is 16.8 Å². The average Bonchev–Trinajstić information content (AvgIpc) is 2.96. The molecule has 7 heteroatoms. The third-order valence-corrected chi connectivity index (χ3v) is 2.84. The molecule has 2 aromatic rings. The molecule has 6 nitrogen and oxygen atoms in total. The SMILES string of the molecule is C=C(/C=C(\C=C/N)c1ocnc1-c1ccc(F)cc1)NC(N)=O. The van der Waals surface area contributed by atoms with Gasteiger partial charge in [0.2, 0.25) is 0 Å². The minimum atomic E-state index is -0.737. The van der Waals surface area contributed by atoms with Crippen LogP contribution in [0.15, 0.2) is 65.7 Å². The number of oxazole rings is 1. The van der Waals surface area contributed by atoms with Crippen molar-refractivity contribution in [2.45, 2.75) is 0 Å². The van der Waals surface area contributed by atoms with E-state index in [1.165, 1.54) is 30.8 Å². The summed E-state index contributed by atoms with van der Waals surface area (Å²) in [6.45, 7) is 3.67. The summed E-state index contributed by atoms with van der Waals surface area (Å²) in [4.78, 5) is 15.0. The van der Waals surface area contributed by atoms with Crippen LogP contribution in [-0.2, 0) is 0 Å². The highest BCUT2D eigenvalue weighted by Gasteiger charge is 2.14. The van der Waals surface area contributed by atoms with Crippen LogP contribution < -0.4 is 16.8 Å². The molecule has 0 unspecified atom stereocenters. The van der Waals surface area contributed by atoms with Gasteiger partial charge >= 0.3 is 6.03 Å². The van der Waals surface area contributed by atoms with Crippen LogP contribution in [0.4, 0.5) is 9.18 Å². The fourth-order valence-corrected chi connectivity index (χ4v) is 1.94. The van der Waals surface area contributed by atoms with Gasteiger partial charge in [-0.1, -0.05) is 6.58 Å². The molecule has 0 fully saturated rings.